The highest BCUT2D eigenvalue weighted by molar-refractivity contribution is 7.45. The minimum atomic E-state index is 0.366. The molecule has 0 fully saturated rings. The summed E-state index contributed by atoms with van der Waals surface area (Å²) in [6.45, 7) is 7.24. The molecule has 2 aliphatic heterocycles. The van der Waals surface area contributed by atoms with Gasteiger partial charge < -0.3 is 47.4 Å². The van der Waals surface area contributed by atoms with Gasteiger partial charge in [0.05, 0.1) is 90.4 Å². The van der Waals surface area contributed by atoms with Gasteiger partial charge in [0, 0.05) is 35.0 Å². The topological polar surface area (TPSA) is 92.3 Å². The molecule has 0 unspecified atom stereocenters. The Morgan fingerprint density at radius 2 is 0.636 bits per heavy atom. The standard InChI is InChI=1S/C50H48O10S6/c1-2-6-42-41(5-1)63-49(64-42)47-45(35(31-61-47)33-9-11-37-39(29-33)59-27-23-55-19-15-51-13-17-53-21-25-57-37)46-36(32-62-48(46)50-65-43-7-3-4-8-44(43)66-50)34-10-12-38-40(30-34)60-28-24-56-20-16-52-14-18-54-22-26-58-38/h1-12,29-32H,13-28H2/q+2. The van der Waals surface area contributed by atoms with E-state index in [1.165, 1.54) is 48.1 Å². The van der Waals surface area contributed by atoms with E-state index in [1.807, 2.05) is 57.5 Å². The molecule has 0 atom stereocenters. The first kappa shape index (κ1) is 45.6. The Labute approximate surface area is 407 Å². The van der Waals surface area contributed by atoms with Crippen molar-refractivity contribution in [3.05, 3.63) is 95.7 Å². The predicted molar refractivity (Wildman–Crippen MR) is 272 cm³/mol. The van der Waals surface area contributed by atoms with E-state index in [0.29, 0.717) is 129 Å². The number of thiophene rings is 2. The Morgan fingerprint density at radius 3 is 0.970 bits per heavy atom. The van der Waals surface area contributed by atoms with Crippen molar-refractivity contribution in [3.8, 4) is 74.5 Å². The second-order valence-corrected chi connectivity index (χ2v) is 21.5. The number of ether oxygens (including phenoxy) is 10. The summed E-state index contributed by atoms with van der Waals surface area (Å²) in [6.07, 6.45) is 0. The maximum atomic E-state index is 6.46. The third-order valence-electron chi connectivity index (χ3n) is 10.7. The van der Waals surface area contributed by atoms with Gasteiger partial charge in [-0.05, 0) is 117 Å². The van der Waals surface area contributed by atoms with E-state index in [0.717, 1.165) is 22.3 Å². The van der Waals surface area contributed by atoms with E-state index < -0.39 is 0 Å². The summed E-state index contributed by atoms with van der Waals surface area (Å²) in [5.41, 5.74) is 6.62. The predicted octanol–water partition coefficient (Wildman–Crippen LogP) is 12.9. The van der Waals surface area contributed by atoms with Crippen LogP contribution in [0.5, 0.6) is 23.0 Å². The lowest BCUT2D eigenvalue weighted by Gasteiger charge is -2.15. The highest BCUT2D eigenvalue weighted by atomic mass is 32.2. The molecule has 0 amide bonds. The van der Waals surface area contributed by atoms with Gasteiger partial charge in [-0.1, -0.05) is 0 Å². The summed E-state index contributed by atoms with van der Waals surface area (Å²) in [5.74, 6) is 2.64. The summed E-state index contributed by atoms with van der Waals surface area (Å²) in [6, 6.07) is 29.9. The lowest BCUT2D eigenvalue weighted by atomic mass is 9.92. The number of hydrogen-bond donors (Lipinski definition) is 0. The molecule has 16 heteroatoms. The Balaban J connectivity index is 1.13. The molecule has 0 saturated heterocycles. The van der Waals surface area contributed by atoms with E-state index in [1.54, 1.807) is 22.7 Å². The zero-order valence-corrected chi connectivity index (χ0v) is 41.0. The van der Waals surface area contributed by atoms with E-state index in [-0.39, 0.29) is 0 Å². The molecule has 0 radical (unpaired) electrons. The largest absolute Gasteiger partial charge is 0.487 e. The zero-order chi connectivity index (χ0) is 44.3. The van der Waals surface area contributed by atoms with Crippen LogP contribution in [0.25, 0.3) is 70.3 Å². The van der Waals surface area contributed by atoms with E-state index in [2.05, 4.69) is 83.6 Å². The molecule has 2 aliphatic rings. The highest BCUT2D eigenvalue weighted by Crippen LogP contribution is 2.58. The Hall–Kier alpha value is -4.14. The van der Waals surface area contributed by atoms with Crippen LogP contribution in [-0.2, 0) is 28.4 Å². The smallest absolute Gasteiger partial charge is 0.191 e. The van der Waals surface area contributed by atoms with Crippen LogP contribution in [0.2, 0.25) is 0 Å². The summed E-state index contributed by atoms with van der Waals surface area (Å²) < 4.78 is 67.6. The molecular formula is C50H48O10S6+2. The quantitative estimate of drug-likeness (QED) is 0.155. The SMILES string of the molecule is c1ccc2s[c+](-c3scc(-c4ccc5c(c4)OCCOCCOCCOCCO5)c3-c3c(-c4ccc5c(c4)OCCOCCOCCOCCO5)csc3-[c+]3sc4ccccc4s3)sc2c1. The lowest BCUT2D eigenvalue weighted by molar-refractivity contribution is 0.00708. The van der Waals surface area contributed by atoms with Gasteiger partial charge in [-0.3, -0.25) is 0 Å². The van der Waals surface area contributed by atoms with Crippen LogP contribution in [0.15, 0.2) is 95.7 Å². The molecule has 0 bridgehead atoms. The summed E-state index contributed by atoms with van der Waals surface area (Å²) in [5, 5.41) is 4.62. The van der Waals surface area contributed by atoms with Crippen molar-refractivity contribution in [2.24, 2.45) is 0 Å². The van der Waals surface area contributed by atoms with Gasteiger partial charge in [0.1, 0.15) is 37.6 Å². The Kier molecular flexibility index (Phi) is 15.7. The van der Waals surface area contributed by atoms with E-state index >= 15 is 0 Å². The van der Waals surface area contributed by atoms with Crippen LogP contribution in [0.1, 0.15) is 0 Å². The van der Waals surface area contributed by atoms with Gasteiger partial charge in [0.15, 0.2) is 59.9 Å². The minimum Gasteiger partial charge on any atom is -0.487 e. The number of hydrogen-bond acceptors (Lipinski definition) is 16. The van der Waals surface area contributed by atoms with Crippen LogP contribution in [0.3, 0.4) is 0 Å². The number of rotatable bonds is 5. The summed E-state index contributed by atoms with van der Waals surface area (Å²) in [4.78, 5) is 2.44. The third kappa shape index (κ3) is 10.9. The van der Waals surface area contributed by atoms with Crippen LogP contribution < -0.4 is 18.9 Å². The molecule has 10 rings (SSSR count). The van der Waals surface area contributed by atoms with Crippen molar-refractivity contribution < 1.29 is 47.4 Å². The van der Waals surface area contributed by atoms with Gasteiger partial charge >= 0.3 is 0 Å². The lowest BCUT2D eigenvalue weighted by Crippen LogP contribution is -2.13. The first-order valence-corrected chi connectivity index (χ1v) is 26.9. The second kappa shape index (κ2) is 22.8. The molecule has 0 aliphatic carbocycles. The van der Waals surface area contributed by atoms with Crippen molar-refractivity contribution >= 4 is 86.8 Å². The molecule has 8 aromatic rings. The molecule has 4 aromatic heterocycles. The Morgan fingerprint density at radius 1 is 0.333 bits per heavy atom. The van der Waals surface area contributed by atoms with Gasteiger partial charge in [0.25, 0.3) is 0 Å². The van der Waals surface area contributed by atoms with E-state index in [9.17, 15) is 0 Å². The fraction of sp³-hybridized carbons (Fsp3) is 0.320. The van der Waals surface area contributed by atoms with Crippen molar-refractivity contribution in [2.75, 3.05) is 106 Å². The first-order valence-electron chi connectivity index (χ1n) is 21.9. The summed E-state index contributed by atoms with van der Waals surface area (Å²) in [7, 11) is 0. The molecule has 10 nitrogen and oxygen atoms in total. The fourth-order valence-electron chi connectivity index (χ4n) is 7.54. The van der Waals surface area contributed by atoms with Gasteiger partial charge in [-0.2, -0.15) is 0 Å². The van der Waals surface area contributed by atoms with Gasteiger partial charge in [-0.15, -0.1) is 22.7 Å². The number of fused-ring (bicyclic) bond motifs is 4. The van der Waals surface area contributed by atoms with Gasteiger partial charge in [0.2, 0.25) is 0 Å². The monoisotopic (exact) mass is 1000 g/mol. The molecule has 0 saturated carbocycles. The van der Waals surface area contributed by atoms with Crippen LogP contribution >= 0.6 is 68.0 Å². The van der Waals surface area contributed by atoms with Crippen LogP contribution in [0, 0.1) is 0 Å². The van der Waals surface area contributed by atoms with Crippen molar-refractivity contribution in [1.29, 1.82) is 0 Å². The highest BCUT2D eigenvalue weighted by Gasteiger charge is 2.36. The maximum absolute atomic E-state index is 6.46. The first-order chi connectivity index (χ1) is 32.8. The normalized spacial score (nSPS) is 16.5. The molecule has 6 heterocycles. The second-order valence-electron chi connectivity index (χ2n) is 15.0. The fourth-order valence-corrected chi connectivity index (χ4v) is 15.2. The van der Waals surface area contributed by atoms with Crippen molar-refractivity contribution in [2.45, 2.75) is 0 Å². The van der Waals surface area contributed by atoms with E-state index in [4.69, 9.17) is 47.4 Å². The van der Waals surface area contributed by atoms with Crippen molar-refractivity contribution in [1.82, 2.24) is 0 Å². The molecule has 342 valence electrons. The molecule has 0 spiro atoms. The maximum Gasteiger partial charge on any atom is 0.191 e. The Bertz CT molecular complexity index is 2590. The minimum absolute atomic E-state index is 0.366. The third-order valence-corrected chi connectivity index (χ3v) is 18.3. The number of benzene rings is 4. The average molecular weight is 1000 g/mol. The molecule has 0 N–H and O–H groups in total. The van der Waals surface area contributed by atoms with Gasteiger partial charge in [-0.25, -0.2) is 0 Å². The van der Waals surface area contributed by atoms with Crippen LogP contribution in [0.4, 0.5) is 0 Å². The molecular weight excluding hydrogens is 953 g/mol. The van der Waals surface area contributed by atoms with Crippen molar-refractivity contribution in [3.63, 3.8) is 0 Å². The molecule has 4 aromatic carbocycles. The summed E-state index contributed by atoms with van der Waals surface area (Å²) >= 11 is 10.9. The zero-order valence-electron chi connectivity index (χ0n) is 36.1. The average Bonchev–Trinajstić information content (AvgIpc) is 4.16. The van der Waals surface area contributed by atoms with Crippen LogP contribution in [-0.4, -0.2) is 106 Å². The molecule has 66 heavy (non-hydrogen) atoms.